The van der Waals surface area contributed by atoms with Crippen LogP contribution in [0.4, 0.5) is 0 Å². The topological polar surface area (TPSA) is 46.2 Å². The third kappa shape index (κ3) is 4.63. The molecule has 1 fully saturated rings. The molecule has 2 heteroatoms. The summed E-state index contributed by atoms with van der Waals surface area (Å²) in [5.41, 5.74) is 8.91. The smallest absolute Gasteiger partial charge is 0.0618 e. The summed E-state index contributed by atoms with van der Waals surface area (Å²) in [5.74, 6) is 0.786. The Morgan fingerprint density at radius 3 is 2.79 bits per heavy atom. The number of allylic oxidation sites excluding steroid dienone is 5. The van der Waals surface area contributed by atoms with Crippen molar-refractivity contribution in [3.63, 3.8) is 0 Å². The van der Waals surface area contributed by atoms with E-state index in [2.05, 4.69) is 24.3 Å². The maximum Gasteiger partial charge on any atom is 0.0618 e. The minimum Gasteiger partial charge on any atom is -0.394 e. The number of nitrogens with two attached hydrogens (primary N) is 1. The van der Waals surface area contributed by atoms with Gasteiger partial charge in [-0.15, -0.1) is 0 Å². The van der Waals surface area contributed by atoms with Gasteiger partial charge in [-0.3, -0.25) is 0 Å². The molecule has 0 amide bonds. The molecule has 0 aromatic heterocycles. The lowest BCUT2D eigenvalue weighted by Crippen LogP contribution is -2.23. The summed E-state index contributed by atoms with van der Waals surface area (Å²) in [6.45, 7) is 0.0599. The monoisotopic (exact) mass is 261 g/mol. The van der Waals surface area contributed by atoms with Crippen LogP contribution in [0.5, 0.6) is 0 Å². The third-order valence-corrected chi connectivity index (χ3v) is 4.33. The second-order valence-corrected chi connectivity index (χ2v) is 5.82. The lowest BCUT2D eigenvalue weighted by molar-refractivity contribution is 0.283. The first kappa shape index (κ1) is 14.5. The molecule has 2 aliphatic rings. The van der Waals surface area contributed by atoms with Crippen LogP contribution in [0.1, 0.15) is 51.4 Å². The quantitative estimate of drug-likeness (QED) is 0.764. The van der Waals surface area contributed by atoms with Crippen molar-refractivity contribution in [2.45, 2.75) is 57.4 Å². The zero-order valence-corrected chi connectivity index (χ0v) is 11.9. The van der Waals surface area contributed by atoms with Crippen molar-refractivity contribution in [2.75, 3.05) is 6.61 Å². The van der Waals surface area contributed by atoms with Gasteiger partial charge < -0.3 is 10.8 Å². The van der Waals surface area contributed by atoms with E-state index < -0.39 is 0 Å². The van der Waals surface area contributed by atoms with E-state index in [0.717, 1.165) is 25.2 Å². The molecule has 1 atom stereocenters. The molecule has 2 aliphatic carbocycles. The first-order valence-electron chi connectivity index (χ1n) is 7.69. The minimum absolute atomic E-state index is 0.0599. The Kier molecular flexibility index (Phi) is 5.87. The van der Waals surface area contributed by atoms with Gasteiger partial charge in [0.2, 0.25) is 0 Å². The van der Waals surface area contributed by atoms with Crippen LogP contribution in [0.15, 0.2) is 35.5 Å². The maximum absolute atomic E-state index is 8.99. The molecular weight excluding hydrogens is 234 g/mol. The van der Waals surface area contributed by atoms with Crippen molar-refractivity contribution >= 4 is 0 Å². The maximum atomic E-state index is 8.99. The minimum atomic E-state index is -0.169. The standard InChI is InChI=1S/C17H27NO/c18-17(13-19)12-14-8-10-16(11-9-14)15-6-4-2-1-3-5-7-15/h1-2,6,12,16-17,19H,3-5,7-11,13,18H2/b2-1-,14-12?,15-6-/t16?,17-/m0/s1. The highest BCUT2D eigenvalue weighted by Gasteiger charge is 2.20. The van der Waals surface area contributed by atoms with E-state index in [-0.39, 0.29) is 12.6 Å². The average molecular weight is 261 g/mol. The van der Waals surface area contributed by atoms with E-state index in [9.17, 15) is 0 Å². The lowest BCUT2D eigenvalue weighted by atomic mass is 9.79. The molecule has 106 valence electrons. The Morgan fingerprint density at radius 1 is 1.26 bits per heavy atom. The SMILES string of the molecule is N[C@@H](C=C1CCC(/C2=C\C/C=C\CCC2)CC1)CO. The second kappa shape index (κ2) is 7.66. The van der Waals surface area contributed by atoms with Gasteiger partial charge in [-0.2, -0.15) is 0 Å². The van der Waals surface area contributed by atoms with Crippen molar-refractivity contribution in [3.05, 3.63) is 35.5 Å². The summed E-state index contributed by atoms with van der Waals surface area (Å²) in [4.78, 5) is 0. The number of rotatable bonds is 3. The molecule has 0 radical (unpaired) electrons. The fourth-order valence-corrected chi connectivity index (χ4v) is 3.21. The summed E-state index contributed by atoms with van der Waals surface area (Å²) in [6.07, 6.45) is 18.9. The van der Waals surface area contributed by atoms with Crippen molar-refractivity contribution < 1.29 is 5.11 Å². The summed E-state index contributed by atoms with van der Waals surface area (Å²) >= 11 is 0. The van der Waals surface area contributed by atoms with Gasteiger partial charge in [0, 0.05) is 6.04 Å². The van der Waals surface area contributed by atoms with Gasteiger partial charge in [0.25, 0.3) is 0 Å². The van der Waals surface area contributed by atoms with E-state index in [4.69, 9.17) is 10.8 Å². The van der Waals surface area contributed by atoms with Crippen LogP contribution in [0.2, 0.25) is 0 Å². The van der Waals surface area contributed by atoms with Gasteiger partial charge in [0.1, 0.15) is 0 Å². The molecule has 1 saturated carbocycles. The summed E-state index contributed by atoms with van der Waals surface area (Å²) in [7, 11) is 0. The Balaban J connectivity index is 1.88. The van der Waals surface area contributed by atoms with E-state index in [1.807, 2.05) is 0 Å². The van der Waals surface area contributed by atoms with Gasteiger partial charge >= 0.3 is 0 Å². The zero-order valence-electron chi connectivity index (χ0n) is 11.9. The van der Waals surface area contributed by atoms with E-state index in [1.54, 1.807) is 5.57 Å². The molecule has 2 rings (SSSR count). The molecule has 0 aromatic carbocycles. The van der Waals surface area contributed by atoms with Gasteiger partial charge in [0.05, 0.1) is 6.61 Å². The second-order valence-electron chi connectivity index (χ2n) is 5.82. The molecule has 0 aliphatic heterocycles. The summed E-state index contributed by atoms with van der Waals surface area (Å²) in [5, 5.41) is 8.99. The third-order valence-electron chi connectivity index (χ3n) is 4.33. The van der Waals surface area contributed by atoms with Gasteiger partial charge in [0.15, 0.2) is 0 Å². The van der Waals surface area contributed by atoms with E-state index in [1.165, 1.54) is 37.7 Å². The molecule has 0 heterocycles. The first-order chi connectivity index (χ1) is 9.29. The van der Waals surface area contributed by atoms with Crippen LogP contribution < -0.4 is 5.73 Å². The molecule has 0 aromatic rings. The lowest BCUT2D eigenvalue weighted by Gasteiger charge is -2.27. The van der Waals surface area contributed by atoms with Crippen LogP contribution in [-0.4, -0.2) is 17.8 Å². The predicted molar refractivity (Wildman–Crippen MR) is 80.8 cm³/mol. The van der Waals surface area contributed by atoms with Gasteiger partial charge in [-0.25, -0.2) is 0 Å². The molecule has 2 nitrogen and oxygen atoms in total. The molecule has 0 saturated heterocycles. The Hall–Kier alpha value is -0.860. The van der Waals surface area contributed by atoms with Crippen molar-refractivity contribution in [1.29, 1.82) is 0 Å². The first-order valence-corrected chi connectivity index (χ1v) is 7.69. The predicted octanol–water partition coefficient (Wildman–Crippen LogP) is 3.48. The van der Waals surface area contributed by atoms with E-state index in [0.29, 0.717) is 0 Å². The number of aliphatic hydroxyl groups excluding tert-OH is 1. The van der Waals surface area contributed by atoms with E-state index >= 15 is 0 Å². The van der Waals surface area contributed by atoms with Gasteiger partial charge in [-0.1, -0.05) is 35.5 Å². The summed E-state index contributed by atoms with van der Waals surface area (Å²) < 4.78 is 0. The largest absolute Gasteiger partial charge is 0.394 e. The Labute approximate surface area is 117 Å². The van der Waals surface area contributed by atoms with Gasteiger partial charge in [-0.05, 0) is 57.3 Å². The highest BCUT2D eigenvalue weighted by molar-refractivity contribution is 5.16. The molecule has 0 spiro atoms. The normalized spacial score (nSPS) is 30.7. The summed E-state index contributed by atoms with van der Waals surface area (Å²) in [6, 6.07) is -0.169. The Morgan fingerprint density at radius 2 is 2.05 bits per heavy atom. The highest BCUT2D eigenvalue weighted by Crippen LogP contribution is 2.35. The van der Waals surface area contributed by atoms with Crippen molar-refractivity contribution in [1.82, 2.24) is 0 Å². The fraction of sp³-hybridized carbons (Fsp3) is 0.647. The zero-order chi connectivity index (χ0) is 13.5. The number of aliphatic hydroxyl groups is 1. The van der Waals surface area contributed by atoms with Crippen LogP contribution in [0, 0.1) is 5.92 Å². The van der Waals surface area contributed by atoms with Crippen molar-refractivity contribution in [2.24, 2.45) is 11.7 Å². The molecular formula is C17H27NO. The average Bonchev–Trinajstić information content (AvgIpc) is 2.39. The fourth-order valence-electron chi connectivity index (χ4n) is 3.21. The Bertz CT molecular complexity index is 357. The molecule has 19 heavy (non-hydrogen) atoms. The highest BCUT2D eigenvalue weighted by atomic mass is 16.3. The molecule has 0 unspecified atom stereocenters. The number of hydrogen-bond acceptors (Lipinski definition) is 2. The van der Waals surface area contributed by atoms with Crippen LogP contribution in [0.25, 0.3) is 0 Å². The van der Waals surface area contributed by atoms with Crippen LogP contribution >= 0.6 is 0 Å². The van der Waals surface area contributed by atoms with Crippen molar-refractivity contribution in [3.8, 4) is 0 Å². The molecule has 0 bridgehead atoms. The van der Waals surface area contributed by atoms with Crippen LogP contribution in [0.3, 0.4) is 0 Å². The molecule has 3 N–H and O–H groups in total. The number of hydrogen-bond donors (Lipinski definition) is 2. The van der Waals surface area contributed by atoms with Crippen LogP contribution in [-0.2, 0) is 0 Å².